The van der Waals surface area contributed by atoms with Crippen LogP contribution in [-0.4, -0.2) is 15.9 Å². The fourth-order valence-corrected chi connectivity index (χ4v) is 6.75. The van der Waals surface area contributed by atoms with E-state index >= 15 is 0 Å². The average Bonchev–Trinajstić information content (AvgIpc) is 2.94. The van der Waals surface area contributed by atoms with Crippen LogP contribution in [0.4, 0.5) is 0 Å². The van der Waals surface area contributed by atoms with Gasteiger partial charge in [0.25, 0.3) is 0 Å². The molecule has 5 atom stereocenters. The summed E-state index contributed by atoms with van der Waals surface area (Å²) in [6, 6.07) is 8.64. The topological polar surface area (TPSA) is 20.2 Å². The molecule has 1 N–H and O–H groups in total. The summed E-state index contributed by atoms with van der Waals surface area (Å²) in [4.78, 5) is 0. The molecule has 29 heavy (non-hydrogen) atoms. The molecule has 0 spiro atoms. The minimum atomic E-state index is -0.362. The second kappa shape index (κ2) is 12.2. The van der Waals surface area contributed by atoms with Gasteiger partial charge < -0.3 is 12.0 Å². The molecule has 2 fully saturated rings. The third-order valence-corrected chi connectivity index (χ3v) is 8.29. The SMILES string of the molecule is [CH2-]CCCCCC1C(Cl)CC(Cl)C1c1cccc(C(O)C2(CCC)CCC2)c1.[Y]. The molecule has 0 heterocycles. The van der Waals surface area contributed by atoms with E-state index in [1.54, 1.807) is 0 Å². The van der Waals surface area contributed by atoms with Crippen LogP contribution in [0.3, 0.4) is 0 Å². The number of benzene rings is 1. The molecule has 2 aliphatic rings. The molecule has 0 bridgehead atoms. The molecule has 0 saturated heterocycles. The first-order valence-corrected chi connectivity index (χ1v) is 12.2. The minimum Gasteiger partial charge on any atom is -0.388 e. The Morgan fingerprint density at radius 1 is 1.17 bits per heavy atom. The van der Waals surface area contributed by atoms with Crippen LogP contribution < -0.4 is 0 Å². The summed E-state index contributed by atoms with van der Waals surface area (Å²) in [7, 11) is 0. The number of aliphatic hydroxyl groups excluding tert-OH is 1. The number of hydrogen-bond acceptors (Lipinski definition) is 1. The van der Waals surface area contributed by atoms with Crippen molar-refractivity contribution in [2.45, 2.75) is 100 Å². The van der Waals surface area contributed by atoms with Gasteiger partial charge in [0.1, 0.15) is 0 Å². The number of aliphatic hydroxyl groups is 1. The van der Waals surface area contributed by atoms with Crippen LogP contribution in [0.1, 0.15) is 101 Å². The van der Waals surface area contributed by atoms with Gasteiger partial charge in [-0.1, -0.05) is 63.3 Å². The Bertz CT molecular complexity index is 619. The van der Waals surface area contributed by atoms with Crippen LogP contribution in [0, 0.1) is 18.3 Å². The van der Waals surface area contributed by atoms with Crippen LogP contribution in [0.5, 0.6) is 0 Å². The van der Waals surface area contributed by atoms with Crippen molar-refractivity contribution in [2.24, 2.45) is 11.3 Å². The third-order valence-electron chi connectivity index (χ3n) is 7.34. The van der Waals surface area contributed by atoms with E-state index in [2.05, 4.69) is 38.1 Å². The summed E-state index contributed by atoms with van der Waals surface area (Å²) in [6.45, 7) is 6.17. The smallest absolute Gasteiger partial charge is 0.0846 e. The van der Waals surface area contributed by atoms with E-state index in [4.69, 9.17) is 23.2 Å². The molecule has 161 valence electrons. The second-order valence-corrected chi connectivity index (χ2v) is 10.3. The molecular formula is C25H37Cl2OY-. The monoisotopic (exact) mass is 512 g/mol. The Morgan fingerprint density at radius 3 is 2.55 bits per heavy atom. The Hall–Kier alpha value is 0.864. The van der Waals surface area contributed by atoms with Gasteiger partial charge in [0.05, 0.1) is 6.10 Å². The van der Waals surface area contributed by atoms with Gasteiger partial charge in [0.15, 0.2) is 0 Å². The van der Waals surface area contributed by atoms with Gasteiger partial charge in [-0.25, -0.2) is 0 Å². The van der Waals surface area contributed by atoms with Gasteiger partial charge in [-0.3, -0.25) is 0 Å². The zero-order valence-electron chi connectivity index (χ0n) is 18.0. The molecule has 0 aromatic heterocycles. The minimum absolute atomic E-state index is 0. The third kappa shape index (κ3) is 6.01. The second-order valence-electron chi connectivity index (χ2n) is 9.20. The van der Waals surface area contributed by atoms with Crippen LogP contribution in [-0.2, 0) is 32.7 Å². The van der Waals surface area contributed by atoms with Gasteiger partial charge in [-0.05, 0) is 49.1 Å². The summed E-state index contributed by atoms with van der Waals surface area (Å²) in [5, 5.41) is 11.4. The van der Waals surface area contributed by atoms with Gasteiger partial charge in [-0.2, -0.15) is 6.42 Å². The van der Waals surface area contributed by atoms with Crippen molar-refractivity contribution in [2.75, 3.05) is 0 Å². The van der Waals surface area contributed by atoms with Gasteiger partial charge in [0.2, 0.25) is 0 Å². The van der Waals surface area contributed by atoms with E-state index in [-0.39, 0.29) is 55.0 Å². The number of hydrogen-bond donors (Lipinski definition) is 1. The predicted octanol–water partition coefficient (Wildman–Crippen LogP) is 7.79. The van der Waals surface area contributed by atoms with Crippen LogP contribution in [0.2, 0.25) is 0 Å². The Kier molecular flexibility index (Phi) is 11.0. The predicted molar refractivity (Wildman–Crippen MR) is 121 cm³/mol. The molecular weight excluding hydrogens is 476 g/mol. The molecule has 2 aliphatic carbocycles. The van der Waals surface area contributed by atoms with Crippen molar-refractivity contribution < 1.29 is 37.8 Å². The molecule has 4 heteroatoms. The van der Waals surface area contributed by atoms with E-state index in [9.17, 15) is 5.11 Å². The van der Waals surface area contributed by atoms with Crippen LogP contribution >= 0.6 is 23.2 Å². The Morgan fingerprint density at radius 2 is 1.93 bits per heavy atom. The molecule has 1 nitrogen and oxygen atoms in total. The van der Waals surface area contributed by atoms with Gasteiger partial charge >= 0.3 is 0 Å². The number of halogens is 2. The fraction of sp³-hybridized carbons (Fsp3) is 0.720. The molecule has 1 aromatic rings. The van der Waals surface area contributed by atoms with E-state index < -0.39 is 0 Å². The van der Waals surface area contributed by atoms with E-state index in [1.807, 2.05) is 0 Å². The van der Waals surface area contributed by atoms with Crippen LogP contribution in [0.25, 0.3) is 0 Å². The molecule has 1 radical (unpaired) electrons. The van der Waals surface area contributed by atoms with Crippen molar-refractivity contribution in [1.82, 2.24) is 0 Å². The van der Waals surface area contributed by atoms with Crippen molar-refractivity contribution >= 4 is 23.2 Å². The summed E-state index contributed by atoms with van der Waals surface area (Å²) in [5.74, 6) is 0.717. The summed E-state index contributed by atoms with van der Waals surface area (Å²) < 4.78 is 0. The first-order chi connectivity index (χ1) is 13.5. The quantitative estimate of drug-likeness (QED) is 0.192. The maximum absolute atomic E-state index is 11.2. The molecule has 0 amide bonds. The molecule has 1 aromatic carbocycles. The molecule has 0 aliphatic heterocycles. The maximum Gasteiger partial charge on any atom is 0.0846 e. The fourth-order valence-electron chi connectivity index (χ4n) is 5.66. The number of rotatable bonds is 10. The van der Waals surface area contributed by atoms with Crippen molar-refractivity contribution in [1.29, 1.82) is 0 Å². The van der Waals surface area contributed by atoms with Crippen molar-refractivity contribution in [3.63, 3.8) is 0 Å². The first kappa shape index (κ1) is 26.1. The number of alkyl halides is 2. The molecule has 2 saturated carbocycles. The Labute approximate surface area is 213 Å². The Balaban J connectivity index is 0.00000300. The van der Waals surface area contributed by atoms with Gasteiger partial charge in [0, 0.05) is 54.8 Å². The maximum atomic E-state index is 11.2. The standard InChI is InChI=1S/C25H37Cl2O.Y/c1-3-5-6-7-12-20-21(26)17-22(27)23(20)18-10-8-11-19(16-18)24(28)25(13-4-2)14-9-15-25;/h8,10-11,16,20-24,28H,1,3-7,9,12-15,17H2,2H3;/q-1;. The zero-order valence-corrected chi connectivity index (χ0v) is 22.3. The molecule has 5 unspecified atom stereocenters. The number of unbranched alkanes of at least 4 members (excludes halogenated alkanes) is 3. The average molecular weight is 513 g/mol. The normalized spacial score (nSPS) is 29.1. The zero-order chi connectivity index (χ0) is 20.1. The van der Waals surface area contributed by atoms with Crippen molar-refractivity contribution in [3.05, 3.63) is 42.3 Å². The largest absolute Gasteiger partial charge is 0.388 e. The van der Waals surface area contributed by atoms with Gasteiger partial charge in [-0.15, -0.1) is 23.2 Å². The van der Waals surface area contributed by atoms with Crippen LogP contribution in [0.15, 0.2) is 24.3 Å². The van der Waals surface area contributed by atoms with E-state index in [1.165, 1.54) is 31.2 Å². The van der Waals surface area contributed by atoms with E-state index in [0.717, 1.165) is 50.5 Å². The van der Waals surface area contributed by atoms with Crippen molar-refractivity contribution in [3.8, 4) is 0 Å². The first-order valence-electron chi connectivity index (χ1n) is 11.4. The van der Waals surface area contributed by atoms with E-state index in [0.29, 0.717) is 11.8 Å². The summed E-state index contributed by atoms with van der Waals surface area (Å²) in [5.41, 5.74) is 2.43. The molecule has 3 rings (SSSR count). The summed E-state index contributed by atoms with van der Waals surface area (Å²) >= 11 is 13.5. The summed E-state index contributed by atoms with van der Waals surface area (Å²) in [6.07, 6.45) is 12.0.